The first-order chi connectivity index (χ1) is 10.3. The van der Waals surface area contributed by atoms with Gasteiger partial charge in [-0.1, -0.05) is 0 Å². The Hall–Kier alpha value is -1.40. The number of methoxy groups -OCH3 is 1. The highest BCUT2D eigenvalue weighted by Gasteiger charge is 2.27. The van der Waals surface area contributed by atoms with Crippen LogP contribution in [0.15, 0.2) is 12.4 Å². The topological polar surface area (TPSA) is 70.5 Å². The van der Waals surface area contributed by atoms with Gasteiger partial charge in [-0.2, -0.15) is 0 Å². The van der Waals surface area contributed by atoms with Crippen LogP contribution in [0.2, 0.25) is 0 Å². The van der Waals surface area contributed by atoms with Crippen LogP contribution in [0.5, 0.6) is 0 Å². The van der Waals surface area contributed by atoms with Crippen molar-refractivity contribution in [2.24, 2.45) is 0 Å². The van der Waals surface area contributed by atoms with E-state index in [2.05, 4.69) is 20.2 Å². The number of hydrogen-bond acceptors (Lipinski definition) is 6. The van der Waals surface area contributed by atoms with E-state index in [0.717, 1.165) is 50.3 Å². The second-order valence-corrected chi connectivity index (χ2v) is 5.95. The lowest BCUT2D eigenvalue weighted by Crippen LogP contribution is -2.32. The van der Waals surface area contributed by atoms with Gasteiger partial charge in [-0.3, -0.25) is 0 Å². The maximum Gasteiger partial charge on any atom is 0.134 e. The van der Waals surface area contributed by atoms with Crippen molar-refractivity contribution >= 4 is 11.6 Å². The van der Waals surface area contributed by atoms with Crippen molar-refractivity contribution in [3.63, 3.8) is 0 Å². The maximum atomic E-state index is 9.44. The Labute approximate surface area is 125 Å². The molecular formula is C15H24N4O2. The number of aliphatic hydroxyl groups is 1. The molecule has 0 radical (unpaired) electrons. The third-order valence-corrected chi connectivity index (χ3v) is 4.60. The van der Waals surface area contributed by atoms with Crippen molar-refractivity contribution in [1.29, 1.82) is 0 Å². The number of nitrogens with one attached hydrogen (secondary N) is 1. The summed E-state index contributed by atoms with van der Waals surface area (Å²) in [6.07, 6.45) is 7.34. The Balaban J connectivity index is 1.66. The summed E-state index contributed by atoms with van der Waals surface area (Å²) in [7, 11) is 1.78. The van der Waals surface area contributed by atoms with Crippen molar-refractivity contribution in [3.05, 3.63) is 12.4 Å². The summed E-state index contributed by atoms with van der Waals surface area (Å²) in [4.78, 5) is 10.9. The Morgan fingerprint density at radius 1 is 1.38 bits per heavy atom. The standard InChI is InChI=1S/C15H24N4O2/c1-21-13-5-4-11(7-13)18-14-8-15(17-10-16-14)19-6-2-3-12(19)9-20/h8,10-13,20H,2-7,9H2,1H3,(H,16,17,18). The van der Waals surface area contributed by atoms with Crippen LogP contribution in [0.25, 0.3) is 0 Å². The molecule has 0 amide bonds. The summed E-state index contributed by atoms with van der Waals surface area (Å²) >= 11 is 0. The molecule has 1 saturated heterocycles. The van der Waals surface area contributed by atoms with Gasteiger partial charge in [0.2, 0.25) is 0 Å². The zero-order chi connectivity index (χ0) is 14.7. The predicted octanol–water partition coefficient (Wildman–Crippen LogP) is 1.42. The number of nitrogens with zero attached hydrogens (tertiary/aromatic N) is 3. The average molecular weight is 292 g/mol. The molecule has 21 heavy (non-hydrogen) atoms. The highest BCUT2D eigenvalue weighted by molar-refractivity contribution is 5.50. The zero-order valence-electron chi connectivity index (χ0n) is 12.5. The molecule has 1 aromatic rings. The van der Waals surface area contributed by atoms with Crippen LogP contribution in [0.3, 0.4) is 0 Å². The van der Waals surface area contributed by atoms with Crippen molar-refractivity contribution < 1.29 is 9.84 Å². The van der Waals surface area contributed by atoms with Gasteiger partial charge >= 0.3 is 0 Å². The third-order valence-electron chi connectivity index (χ3n) is 4.60. The lowest BCUT2D eigenvalue weighted by molar-refractivity contribution is 0.108. The largest absolute Gasteiger partial charge is 0.394 e. The van der Waals surface area contributed by atoms with Gasteiger partial charge in [0, 0.05) is 25.8 Å². The van der Waals surface area contributed by atoms with Gasteiger partial charge in [0.15, 0.2) is 0 Å². The lowest BCUT2D eigenvalue weighted by atomic mass is 10.2. The molecule has 3 rings (SSSR count). The van der Waals surface area contributed by atoms with E-state index < -0.39 is 0 Å². The molecule has 2 fully saturated rings. The summed E-state index contributed by atoms with van der Waals surface area (Å²) in [5.74, 6) is 1.77. The predicted molar refractivity (Wildman–Crippen MR) is 81.5 cm³/mol. The second kappa shape index (κ2) is 6.58. The monoisotopic (exact) mass is 292 g/mol. The number of rotatable bonds is 5. The van der Waals surface area contributed by atoms with E-state index >= 15 is 0 Å². The van der Waals surface area contributed by atoms with Crippen LogP contribution >= 0.6 is 0 Å². The summed E-state index contributed by atoms with van der Waals surface area (Å²) < 4.78 is 5.40. The number of aliphatic hydroxyl groups excluding tert-OH is 1. The first-order valence-corrected chi connectivity index (χ1v) is 7.79. The van der Waals surface area contributed by atoms with Crippen LogP contribution in [0.1, 0.15) is 32.1 Å². The minimum atomic E-state index is 0.185. The van der Waals surface area contributed by atoms with Gasteiger partial charge in [0.05, 0.1) is 18.8 Å². The Morgan fingerprint density at radius 3 is 3.05 bits per heavy atom. The molecule has 1 aliphatic carbocycles. The molecule has 3 atom stereocenters. The van der Waals surface area contributed by atoms with Gasteiger partial charge < -0.3 is 20.1 Å². The molecule has 0 aromatic carbocycles. The van der Waals surface area contributed by atoms with E-state index in [0.29, 0.717) is 12.1 Å². The van der Waals surface area contributed by atoms with Crippen LogP contribution in [-0.2, 0) is 4.74 Å². The first kappa shape index (κ1) is 14.5. The molecule has 0 bridgehead atoms. The molecular weight excluding hydrogens is 268 g/mol. The lowest BCUT2D eigenvalue weighted by Gasteiger charge is -2.24. The molecule has 2 aliphatic rings. The van der Waals surface area contributed by atoms with Crippen LogP contribution < -0.4 is 10.2 Å². The fourth-order valence-electron chi connectivity index (χ4n) is 3.40. The Kier molecular flexibility index (Phi) is 4.55. The Bertz CT molecular complexity index is 471. The molecule has 6 nitrogen and oxygen atoms in total. The maximum absolute atomic E-state index is 9.44. The summed E-state index contributed by atoms with van der Waals surface area (Å²) in [6, 6.07) is 2.61. The molecule has 116 valence electrons. The Morgan fingerprint density at radius 2 is 2.29 bits per heavy atom. The van der Waals surface area contributed by atoms with E-state index in [-0.39, 0.29) is 12.6 Å². The smallest absolute Gasteiger partial charge is 0.134 e. The van der Waals surface area contributed by atoms with Crippen molar-refractivity contribution in [1.82, 2.24) is 9.97 Å². The molecule has 1 aliphatic heterocycles. The number of ether oxygens (including phenoxy) is 1. The quantitative estimate of drug-likeness (QED) is 0.855. The van der Waals surface area contributed by atoms with Gasteiger partial charge in [0.25, 0.3) is 0 Å². The van der Waals surface area contributed by atoms with Crippen LogP contribution in [-0.4, -0.2) is 53.5 Å². The SMILES string of the molecule is COC1CCC(Nc2cc(N3CCCC3CO)ncn2)C1. The van der Waals surface area contributed by atoms with Crippen LogP contribution in [0, 0.1) is 0 Å². The minimum absolute atomic E-state index is 0.185. The molecule has 6 heteroatoms. The molecule has 2 heterocycles. The van der Waals surface area contributed by atoms with Crippen molar-refractivity contribution in [3.8, 4) is 0 Å². The molecule has 1 saturated carbocycles. The normalized spacial score (nSPS) is 29.0. The van der Waals surface area contributed by atoms with E-state index in [1.165, 1.54) is 0 Å². The molecule has 2 N–H and O–H groups in total. The fraction of sp³-hybridized carbons (Fsp3) is 0.733. The summed E-state index contributed by atoms with van der Waals surface area (Å²) in [6.45, 7) is 1.14. The van der Waals surface area contributed by atoms with Crippen molar-refractivity contribution in [2.75, 3.05) is 30.5 Å². The number of anilines is 2. The van der Waals surface area contributed by atoms with Crippen LogP contribution in [0.4, 0.5) is 11.6 Å². The highest BCUT2D eigenvalue weighted by atomic mass is 16.5. The highest BCUT2D eigenvalue weighted by Crippen LogP contribution is 2.27. The van der Waals surface area contributed by atoms with Gasteiger partial charge in [-0.15, -0.1) is 0 Å². The third kappa shape index (κ3) is 3.27. The number of aromatic nitrogens is 2. The fourth-order valence-corrected chi connectivity index (χ4v) is 3.40. The summed E-state index contributed by atoms with van der Waals surface area (Å²) in [5, 5.41) is 12.9. The van der Waals surface area contributed by atoms with Crippen molar-refractivity contribution in [2.45, 2.75) is 50.3 Å². The van der Waals surface area contributed by atoms with E-state index in [4.69, 9.17) is 4.74 Å². The van der Waals surface area contributed by atoms with Gasteiger partial charge in [0.1, 0.15) is 18.0 Å². The number of hydrogen-bond donors (Lipinski definition) is 2. The van der Waals surface area contributed by atoms with Gasteiger partial charge in [-0.25, -0.2) is 9.97 Å². The van der Waals surface area contributed by atoms with Gasteiger partial charge in [-0.05, 0) is 32.1 Å². The zero-order valence-corrected chi connectivity index (χ0v) is 12.5. The second-order valence-electron chi connectivity index (χ2n) is 5.95. The van der Waals surface area contributed by atoms with E-state index in [9.17, 15) is 5.11 Å². The van der Waals surface area contributed by atoms with E-state index in [1.807, 2.05) is 6.07 Å². The molecule has 0 spiro atoms. The first-order valence-electron chi connectivity index (χ1n) is 7.79. The summed E-state index contributed by atoms with van der Waals surface area (Å²) in [5.41, 5.74) is 0. The molecule has 3 unspecified atom stereocenters. The average Bonchev–Trinajstić information content (AvgIpc) is 3.15. The van der Waals surface area contributed by atoms with E-state index in [1.54, 1.807) is 13.4 Å². The minimum Gasteiger partial charge on any atom is -0.394 e. The molecule has 1 aromatic heterocycles.